The second-order valence-corrected chi connectivity index (χ2v) is 10.3. The van der Waals surface area contributed by atoms with E-state index in [1.807, 2.05) is 24.0 Å². The van der Waals surface area contributed by atoms with Crippen molar-refractivity contribution in [3.05, 3.63) is 75.7 Å². The second kappa shape index (κ2) is 9.90. The lowest BCUT2D eigenvalue weighted by atomic mass is 9.86. The molecule has 2 aliphatic heterocycles. The number of piperidine rings is 1. The average molecular weight is 545 g/mol. The van der Waals surface area contributed by atoms with E-state index in [9.17, 15) is 28.1 Å². The van der Waals surface area contributed by atoms with Crippen LogP contribution in [0.2, 0.25) is 0 Å². The number of nitrogens with zero attached hydrogens (tertiary/aromatic N) is 4. The van der Waals surface area contributed by atoms with E-state index in [0.717, 1.165) is 23.9 Å². The third kappa shape index (κ3) is 5.27. The highest BCUT2D eigenvalue weighted by Crippen LogP contribution is 2.38. The number of benzene rings is 2. The number of Topliss-reactive ketones (excluding diaryl/α,β-unsaturated/α-hetero) is 1. The Bertz CT molecular complexity index is 1380. The largest absolute Gasteiger partial charge is 0.489 e. The first kappa shape index (κ1) is 26.5. The predicted octanol–water partition coefficient (Wildman–Crippen LogP) is 5.05. The van der Waals surface area contributed by atoms with Gasteiger partial charge in [0.15, 0.2) is 5.60 Å². The summed E-state index contributed by atoms with van der Waals surface area (Å²) in [5.41, 5.74) is -0.254. The van der Waals surface area contributed by atoms with E-state index in [4.69, 9.17) is 9.47 Å². The van der Waals surface area contributed by atoms with Gasteiger partial charge in [0.1, 0.15) is 24.4 Å². The highest BCUT2D eigenvalue weighted by molar-refractivity contribution is 5.89. The number of carbonyl (C=O) groups excluding carboxylic acids is 1. The number of ether oxygens (including phenoxy) is 2. The van der Waals surface area contributed by atoms with E-state index in [0.29, 0.717) is 25.4 Å². The van der Waals surface area contributed by atoms with Gasteiger partial charge in [-0.1, -0.05) is 0 Å². The van der Waals surface area contributed by atoms with Crippen LogP contribution in [-0.4, -0.2) is 45.6 Å². The monoisotopic (exact) mass is 544 g/mol. The van der Waals surface area contributed by atoms with Crippen LogP contribution in [0.5, 0.6) is 11.8 Å². The quantitative estimate of drug-likeness (QED) is 0.289. The van der Waals surface area contributed by atoms with Crippen molar-refractivity contribution in [3.63, 3.8) is 0 Å². The molecule has 0 bridgehead atoms. The molecule has 1 saturated heterocycles. The normalized spacial score (nSPS) is 19.5. The number of halogens is 3. The highest BCUT2D eigenvalue weighted by atomic mass is 19.3. The van der Waals surface area contributed by atoms with Crippen molar-refractivity contribution in [1.82, 2.24) is 9.55 Å². The van der Waals surface area contributed by atoms with E-state index >= 15 is 0 Å². The summed E-state index contributed by atoms with van der Waals surface area (Å²) in [5, 5.41) is 10.9. The lowest BCUT2D eigenvalue weighted by molar-refractivity contribution is -0.389. The summed E-state index contributed by atoms with van der Waals surface area (Å²) >= 11 is 0. The van der Waals surface area contributed by atoms with Crippen molar-refractivity contribution in [3.8, 4) is 11.8 Å². The van der Waals surface area contributed by atoms with Gasteiger partial charge in [-0.15, -0.1) is 0 Å². The van der Waals surface area contributed by atoms with Gasteiger partial charge in [0.25, 0.3) is 0 Å². The summed E-state index contributed by atoms with van der Waals surface area (Å²) in [6, 6.07) is 10.4. The maximum Gasteiger partial charge on any atom is 0.415 e. The van der Waals surface area contributed by atoms with Gasteiger partial charge in [-0.3, -0.25) is 9.36 Å². The van der Waals surface area contributed by atoms with Gasteiger partial charge in [0.05, 0.1) is 6.54 Å². The van der Waals surface area contributed by atoms with Crippen molar-refractivity contribution in [1.29, 1.82) is 0 Å². The fraction of sp³-hybridized carbons (Fsp3) is 0.407. The number of hydrogen-bond acceptors (Lipinski definition) is 7. The smallest absolute Gasteiger partial charge is 0.415 e. The topological polar surface area (TPSA) is 99.7 Å². The molecule has 0 amide bonds. The van der Waals surface area contributed by atoms with E-state index in [1.54, 1.807) is 16.7 Å². The van der Waals surface area contributed by atoms with Crippen molar-refractivity contribution in [2.24, 2.45) is 5.92 Å². The van der Waals surface area contributed by atoms with E-state index < -0.39 is 39.5 Å². The van der Waals surface area contributed by atoms with E-state index in [2.05, 4.69) is 4.98 Å². The van der Waals surface area contributed by atoms with Gasteiger partial charge in [0.2, 0.25) is 5.78 Å². The molecule has 0 spiro atoms. The third-order valence-corrected chi connectivity index (χ3v) is 7.20. The van der Waals surface area contributed by atoms with Crippen LogP contribution in [0.3, 0.4) is 0 Å². The van der Waals surface area contributed by atoms with Gasteiger partial charge in [-0.05, 0) is 79.6 Å². The first-order chi connectivity index (χ1) is 18.4. The van der Waals surface area contributed by atoms with Crippen LogP contribution in [0, 0.1) is 28.8 Å². The summed E-state index contributed by atoms with van der Waals surface area (Å²) in [6.07, 6.45) is 1.91. The van der Waals surface area contributed by atoms with E-state index in [1.165, 1.54) is 13.1 Å². The second-order valence-electron chi connectivity index (χ2n) is 10.3. The summed E-state index contributed by atoms with van der Waals surface area (Å²) < 4.78 is 56.5. The van der Waals surface area contributed by atoms with Gasteiger partial charge >= 0.3 is 17.8 Å². The Morgan fingerprint density at radius 1 is 1.23 bits per heavy atom. The first-order valence-corrected chi connectivity index (χ1v) is 12.5. The third-order valence-electron chi connectivity index (χ3n) is 7.20. The number of alkyl halides is 2. The minimum atomic E-state index is -3.67. The molecule has 3 aromatic rings. The zero-order valence-corrected chi connectivity index (χ0v) is 21.4. The molecule has 3 heterocycles. The molecule has 0 radical (unpaired) electrons. The van der Waals surface area contributed by atoms with Gasteiger partial charge in [-0.2, -0.15) is 8.78 Å². The summed E-state index contributed by atoms with van der Waals surface area (Å²) in [6.45, 7) is 4.64. The SMILES string of the molecule is Cc1cc(F)ccc1C(F)(F)C(=O)C1CCN(c2ccc(OC[C@@]3(C)Cn4cc([N+](=O)[O-])nc4O3)cc2)CC1. The predicted molar refractivity (Wildman–Crippen MR) is 135 cm³/mol. The van der Waals surface area contributed by atoms with Crippen molar-refractivity contribution < 1.29 is 32.4 Å². The summed E-state index contributed by atoms with van der Waals surface area (Å²) in [7, 11) is 0. The van der Waals surface area contributed by atoms with Crippen LogP contribution in [0.4, 0.5) is 24.7 Å². The number of ketones is 1. The molecule has 1 aromatic heterocycles. The Balaban J connectivity index is 1.14. The maximum atomic E-state index is 15.0. The Kier molecular flexibility index (Phi) is 6.73. The average Bonchev–Trinajstić information content (AvgIpc) is 3.43. The Morgan fingerprint density at radius 2 is 1.92 bits per heavy atom. The summed E-state index contributed by atoms with van der Waals surface area (Å²) in [5.74, 6) is -5.87. The van der Waals surface area contributed by atoms with Crippen LogP contribution in [-0.2, 0) is 17.3 Å². The number of carbonyl (C=O) groups is 1. The zero-order valence-electron chi connectivity index (χ0n) is 21.4. The molecule has 5 rings (SSSR count). The number of aryl methyl sites for hydroxylation is 1. The molecule has 0 unspecified atom stereocenters. The number of fused-ring (bicyclic) bond motifs is 1. The van der Waals surface area contributed by atoms with Gasteiger partial charge < -0.3 is 24.5 Å². The van der Waals surface area contributed by atoms with Crippen molar-refractivity contribution >= 4 is 17.3 Å². The number of imidazole rings is 1. The molecule has 2 aliphatic rings. The lowest BCUT2D eigenvalue weighted by Gasteiger charge is -2.34. The molecule has 39 heavy (non-hydrogen) atoms. The molecule has 1 atom stereocenters. The van der Waals surface area contributed by atoms with Crippen LogP contribution in [0.15, 0.2) is 48.7 Å². The highest BCUT2D eigenvalue weighted by Gasteiger charge is 2.46. The molecule has 1 fully saturated rings. The Labute approximate surface area is 222 Å². The molecule has 2 aromatic carbocycles. The number of rotatable bonds is 8. The lowest BCUT2D eigenvalue weighted by Crippen LogP contribution is -2.41. The fourth-order valence-electron chi connectivity index (χ4n) is 5.11. The van der Waals surface area contributed by atoms with E-state index in [-0.39, 0.29) is 36.8 Å². The molecule has 9 nitrogen and oxygen atoms in total. The van der Waals surface area contributed by atoms with Gasteiger partial charge in [0, 0.05) is 35.2 Å². The minimum Gasteiger partial charge on any atom is -0.489 e. The number of aromatic nitrogens is 2. The first-order valence-electron chi connectivity index (χ1n) is 12.5. The minimum absolute atomic E-state index is 0.0523. The van der Waals surface area contributed by atoms with Crippen molar-refractivity contribution in [2.45, 2.75) is 44.8 Å². The fourth-order valence-corrected chi connectivity index (χ4v) is 5.11. The molecule has 0 saturated carbocycles. The van der Waals surface area contributed by atoms with Gasteiger partial charge in [-0.25, -0.2) is 4.39 Å². The van der Waals surface area contributed by atoms with Crippen LogP contribution in [0.1, 0.15) is 30.9 Å². The molecule has 0 aliphatic carbocycles. The number of anilines is 1. The molecule has 0 N–H and O–H groups in total. The maximum absolute atomic E-state index is 15.0. The molecular formula is C27H27F3N4O5. The molecule has 12 heteroatoms. The summed E-state index contributed by atoms with van der Waals surface area (Å²) in [4.78, 5) is 28.9. The molecule has 206 valence electrons. The number of hydrogen-bond donors (Lipinski definition) is 0. The Hall–Kier alpha value is -4.09. The standard InChI is InChI=1S/C27H27F3N4O5/c1-17-13-19(28)3-8-22(17)27(29,30)24(35)18-9-11-32(12-10-18)20-4-6-21(7-5-20)38-16-26(2)15-33-14-23(34(36)37)31-25(33)39-26/h3-8,13-14,18H,9-12,15-16H2,1-2H3/t26-/m1/s1. The zero-order chi connectivity index (χ0) is 27.9. The van der Waals surface area contributed by atoms with Crippen LogP contribution < -0.4 is 14.4 Å². The molecular weight excluding hydrogens is 517 g/mol. The van der Waals surface area contributed by atoms with Crippen LogP contribution >= 0.6 is 0 Å². The Morgan fingerprint density at radius 3 is 2.54 bits per heavy atom. The van der Waals surface area contributed by atoms with Crippen LogP contribution in [0.25, 0.3) is 0 Å². The number of nitro groups is 1. The van der Waals surface area contributed by atoms with Crippen molar-refractivity contribution in [2.75, 3.05) is 24.6 Å².